The summed E-state index contributed by atoms with van der Waals surface area (Å²) in [4.78, 5) is 3.80. The highest BCUT2D eigenvalue weighted by molar-refractivity contribution is 7.21. The Labute approximate surface area is 124 Å². The van der Waals surface area contributed by atoms with Crippen LogP contribution in [0.25, 0.3) is 20.8 Å². The second kappa shape index (κ2) is 4.78. The van der Waals surface area contributed by atoms with E-state index in [2.05, 4.69) is 4.98 Å². The van der Waals surface area contributed by atoms with Crippen LogP contribution in [0.1, 0.15) is 0 Å². The molecule has 0 spiro atoms. The molecule has 8 heteroatoms. The van der Waals surface area contributed by atoms with Gasteiger partial charge in [-0.25, -0.2) is 18.2 Å². The molecule has 0 bridgehead atoms. The monoisotopic (exact) mass is 331 g/mol. The van der Waals surface area contributed by atoms with Crippen LogP contribution in [0.5, 0.6) is 11.5 Å². The highest BCUT2D eigenvalue weighted by atomic mass is 35.5. The van der Waals surface area contributed by atoms with Crippen molar-refractivity contribution >= 4 is 33.2 Å². The van der Waals surface area contributed by atoms with Crippen molar-refractivity contribution in [2.75, 3.05) is 0 Å². The molecule has 0 radical (unpaired) electrons. The Morgan fingerprint density at radius 3 is 2.43 bits per heavy atom. The number of hydrogen-bond donors (Lipinski definition) is 2. The summed E-state index contributed by atoms with van der Waals surface area (Å²) in [5, 5.41) is 18.1. The number of phenols is 2. The fourth-order valence-corrected chi connectivity index (χ4v) is 3.10. The second-order valence-corrected chi connectivity index (χ2v) is 5.53. The number of nitrogens with zero attached hydrogens (tertiary/aromatic N) is 1. The summed E-state index contributed by atoms with van der Waals surface area (Å²) in [5.41, 5.74) is -0.341. The third-order valence-corrected chi connectivity index (χ3v) is 4.24. The van der Waals surface area contributed by atoms with Gasteiger partial charge in [-0.2, -0.15) is 0 Å². The number of rotatable bonds is 1. The lowest BCUT2D eigenvalue weighted by atomic mass is 10.2. The van der Waals surface area contributed by atoms with Gasteiger partial charge in [-0.05, 0) is 12.1 Å². The van der Waals surface area contributed by atoms with E-state index in [4.69, 9.17) is 11.6 Å². The Morgan fingerprint density at radius 2 is 1.76 bits per heavy atom. The Hall–Kier alpha value is -1.99. The molecule has 3 nitrogen and oxygen atoms in total. The average Bonchev–Trinajstić information content (AvgIpc) is 2.88. The van der Waals surface area contributed by atoms with E-state index in [0.717, 1.165) is 6.07 Å². The van der Waals surface area contributed by atoms with Crippen LogP contribution in [-0.2, 0) is 0 Å². The molecule has 0 fully saturated rings. The highest BCUT2D eigenvalue weighted by Gasteiger charge is 2.23. The van der Waals surface area contributed by atoms with Crippen LogP contribution in [0.2, 0.25) is 5.02 Å². The van der Waals surface area contributed by atoms with Gasteiger partial charge in [0.15, 0.2) is 17.5 Å². The lowest BCUT2D eigenvalue weighted by Crippen LogP contribution is -1.91. The zero-order valence-electron chi connectivity index (χ0n) is 9.99. The Balaban J connectivity index is 2.31. The van der Waals surface area contributed by atoms with E-state index in [-0.39, 0.29) is 26.8 Å². The minimum absolute atomic E-state index is 0.0713. The second-order valence-electron chi connectivity index (χ2n) is 4.15. The quantitative estimate of drug-likeness (QED) is 0.512. The molecule has 0 amide bonds. The largest absolute Gasteiger partial charge is 0.508 e. The summed E-state index contributed by atoms with van der Waals surface area (Å²) in [6.07, 6.45) is 0. The maximum absolute atomic E-state index is 13.9. The molecule has 0 aliphatic carbocycles. The van der Waals surface area contributed by atoms with Gasteiger partial charge in [-0.1, -0.05) is 11.6 Å². The van der Waals surface area contributed by atoms with Gasteiger partial charge >= 0.3 is 0 Å². The van der Waals surface area contributed by atoms with Crippen LogP contribution < -0.4 is 0 Å². The van der Waals surface area contributed by atoms with Gasteiger partial charge in [0, 0.05) is 6.07 Å². The molecule has 1 aromatic heterocycles. The van der Waals surface area contributed by atoms with Crippen molar-refractivity contribution in [3.8, 4) is 22.1 Å². The summed E-state index contributed by atoms with van der Waals surface area (Å²) in [6.45, 7) is 0. The Morgan fingerprint density at radius 1 is 1.05 bits per heavy atom. The van der Waals surface area contributed by atoms with E-state index >= 15 is 0 Å². The van der Waals surface area contributed by atoms with Gasteiger partial charge in [0.2, 0.25) is 0 Å². The first-order valence-electron chi connectivity index (χ1n) is 5.55. The van der Waals surface area contributed by atoms with Gasteiger partial charge in [-0.3, -0.25) is 0 Å². The van der Waals surface area contributed by atoms with Crippen LogP contribution in [0.4, 0.5) is 13.2 Å². The van der Waals surface area contributed by atoms with E-state index in [0.29, 0.717) is 11.3 Å². The van der Waals surface area contributed by atoms with E-state index in [1.807, 2.05) is 0 Å². The lowest BCUT2D eigenvalue weighted by Gasteiger charge is -2.00. The molecule has 21 heavy (non-hydrogen) atoms. The van der Waals surface area contributed by atoms with Gasteiger partial charge in [0.25, 0.3) is 0 Å². The maximum atomic E-state index is 13.9. The molecule has 2 N–H and O–H groups in total. The summed E-state index contributed by atoms with van der Waals surface area (Å²) in [7, 11) is 0. The van der Waals surface area contributed by atoms with Crippen molar-refractivity contribution in [2.45, 2.75) is 0 Å². The smallest absolute Gasteiger partial charge is 0.187 e. The summed E-state index contributed by atoms with van der Waals surface area (Å²) in [6, 6.07) is 3.67. The molecule has 0 unspecified atom stereocenters. The number of halogens is 4. The molecule has 0 aliphatic rings. The number of aromatic hydroxyl groups is 2. The molecule has 0 atom stereocenters. The molecular weight excluding hydrogens is 327 g/mol. The van der Waals surface area contributed by atoms with Crippen LogP contribution in [0.3, 0.4) is 0 Å². The number of fused-ring (bicyclic) bond motifs is 1. The number of hydrogen-bond acceptors (Lipinski definition) is 4. The molecule has 3 rings (SSSR count). The predicted octanol–water partition coefficient (Wildman–Crippen LogP) is 4.45. The van der Waals surface area contributed by atoms with Crippen molar-refractivity contribution < 1.29 is 23.4 Å². The van der Waals surface area contributed by atoms with Crippen molar-refractivity contribution in [3.05, 3.63) is 40.7 Å². The highest BCUT2D eigenvalue weighted by Crippen LogP contribution is 2.40. The molecule has 1 heterocycles. The lowest BCUT2D eigenvalue weighted by molar-refractivity contribution is 0.452. The molecule has 3 aromatic rings. The Kier molecular flexibility index (Phi) is 3.18. The summed E-state index contributed by atoms with van der Waals surface area (Å²) in [5.74, 6) is -4.46. The van der Waals surface area contributed by atoms with Crippen LogP contribution in [-0.4, -0.2) is 15.2 Å². The first-order chi connectivity index (χ1) is 9.90. The maximum Gasteiger partial charge on any atom is 0.187 e. The third kappa shape index (κ3) is 2.09. The molecule has 0 saturated carbocycles. The first kappa shape index (κ1) is 14.0. The van der Waals surface area contributed by atoms with Crippen molar-refractivity contribution in [1.29, 1.82) is 0 Å². The van der Waals surface area contributed by atoms with Crippen LogP contribution in [0, 0.1) is 17.5 Å². The summed E-state index contributed by atoms with van der Waals surface area (Å²) >= 11 is 6.09. The van der Waals surface area contributed by atoms with E-state index in [1.54, 1.807) is 0 Å². The van der Waals surface area contributed by atoms with Crippen LogP contribution in [0.15, 0.2) is 18.2 Å². The minimum atomic E-state index is -1.51. The number of phenolic OH excluding ortho intramolecular Hbond substituents is 2. The fraction of sp³-hybridized carbons (Fsp3) is 0. The Bertz CT molecular complexity index is 837. The SMILES string of the molecule is Oc1ccc(-c2nc3c(F)c(F)c(Cl)c(F)c3s2)c(O)c1. The van der Waals surface area contributed by atoms with E-state index in [1.165, 1.54) is 12.1 Å². The number of thiazole rings is 1. The molecule has 0 saturated heterocycles. The predicted molar refractivity (Wildman–Crippen MR) is 73.3 cm³/mol. The standard InChI is InChI=1S/C13H5ClF3NO2S/c14-7-8(15)10(17)11-12(9(7)16)21-13(18-11)5-2-1-4(19)3-6(5)20/h1-3,19-20H. The van der Waals surface area contributed by atoms with Crippen LogP contribution >= 0.6 is 22.9 Å². The topological polar surface area (TPSA) is 53.4 Å². The normalized spacial score (nSPS) is 11.2. The van der Waals surface area contributed by atoms with Gasteiger partial charge in [0.05, 0.1) is 10.3 Å². The summed E-state index contributed by atoms with van der Waals surface area (Å²) < 4.78 is 40.8. The molecular formula is C13H5ClF3NO2S. The van der Waals surface area contributed by atoms with E-state index in [9.17, 15) is 23.4 Å². The molecule has 108 valence electrons. The van der Waals surface area contributed by atoms with E-state index < -0.39 is 28.0 Å². The van der Waals surface area contributed by atoms with Crippen molar-refractivity contribution in [3.63, 3.8) is 0 Å². The minimum Gasteiger partial charge on any atom is -0.508 e. The number of aromatic nitrogens is 1. The number of benzene rings is 2. The zero-order valence-corrected chi connectivity index (χ0v) is 11.6. The molecule has 2 aromatic carbocycles. The molecule has 0 aliphatic heterocycles. The fourth-order valence-electron chi connectivity index (χ4n) is 1.83. The first-order valence-corrected chi connectivity index (χ1v) is 6.74. The zero-order chi connectivity index (χ0) is 15.3. The van der Waals surface area contributed by atoms with Gasteiger partial charge < -0.3 is 10.2 Å². The van der Waals surface area contributed by atoms with Crippen molar-refractivity contribution in [1.82, 2.24) is 4.98 Å². The van der Waals surface area contributed by atoms with Gasteiger partial charge in [0.1, 0.15) is 27.0 Å². The van der Waals surface area contributed by atoms with Crippen molar-refractivity contribution in [2.24, 2.45) is 0 Å². The van der Waals surface area contributed by atoms with Gasteiger partial charge in [-0.15, -0.1) is 11.3 Å². The average molecular weight is 332 g/mol. The third-order valence-electron chi connectivity index (χ3n) is 2.82.